The van der Waals surface area contributed by atoms with Crippen LogP contribution in [0.25, 0.3) is 5.69 Å². The van der Waals surface area contributed by atoms with E-state index in [4.69, 9.17) is 4.74 Å². The number of anilines is 1. The summed E-state index contributed by atoms with van der Waals surface area (Å²) in [6.45, 7) is 2.18. The molecule has 2 N–H and O–H groups in total. The summed E-state index contributed by atoms with van der Waals surface area (Å²) in [6.07, 6.45) is 3.36. The summed E-state index contributed by atoms with van der Waals surface area (Å²) in [5.41, 5.74) is 2.19. The Morgan fingerprint density at radius 2 is 2.04 bits per heavy atom. The predicted octanol–water partition coefficient (Wildman–Crippen LogP) is 1.70. The van der Waals surface area contributed by atoms with Gasteiger partial charge in [-0.25, -0.2) is 4.79 Å². The lowest BCUT2D eigenvalue weighted by Crippen LogP contribution is -2.28. The van der Waals surface area contributed by atoms with E-state index in [1.165, 1.54) is 0 Å². The summed E-state index contributed by atoms with van der Waals surface area (Å²) >= 11 is 0. The molecule has 0 bridgehead atoms. The van der Waals surface area contributed by atoms with Gasteiger partial charge in [-0.15, -0.1) is 5.10 Å². The molecule has 0 radical (unpaired) electrons. The van der Waals surface area contributed by atoms with Crippen LogP contribution in [0.1, 0.15) is 11.4 Å². The Morgan fingerprint density at radius 3 is 2.72 bits per heavy atom. The number of nitrogens with one attached hydrogen (secondary N) is 2. The molecule has 2 aromatic heterocycles. The third kappa shape index (κ3) is 3.89. The maximum absolute atomic E-state index is 12.1. The number of nitrogens with zero attached hydrogens (tertiary/aromatic N) is 5. The van der Waals surface area contributed by atoms with E-state index >= 15 is 0 Å². The number of ether oxygens (including phenoxy) is 1. The molecule has 1 aromatic carbocycles. The SMILES string of the molecule is COc1ccc(NC(=O)NCc2ccncc2)cc1-n1nnnc1C. The molecular weight excluding hydrogens is 322 g/mol. The molecule has 128 valence electrons. The zero-order valence-corrected chi connectivity index (χ0v) is 13.8. The van der Waals surface area contributed by atoms with E-state index in [0.717, 1.165) is 5.56 Å². The summed E-state index contributed by atoms with van der Waals surface area (Å²) in [7, 11) is 1.56. The van der Waals surface area contributed by atoms with E-state index in [-0.39, 0.29) is 6.03 Å². The second-order valence-corrected chi connectivity index (χ2v) is 5.19. The molecule has 0 fully saturated rings. The van der Waals surface area contributed by atoms with Gasteiger partial charge >= 0.3 is 6.03 Å². The zero-order valence-electron chi connectivity index (χ0n) is 13.8. The molecule has 2 heterocycles. The van der Waals surface area contributed by atoms with Crippen molar-refractivity contribution >= 4 is 11.7 Å². The van der Waals surface area contributed by atoms with Crippen molar-refractivity contribution in [3.05, 3.63) is 54.1 Å². The maximum Gasteiger partial charge on any atom is 0.319 e. The van der Waals surface area contributed by atoms with Crippen molar-refractivity contribution in [2.75, 3.05) is 12.4 Å². The van der Waals surface area contributed by atoms with Crippen molar-refractivity contribution in [3.63, 3.8) is 0 Å². The second-order valence-electron chi connectivity index (χ2n) is 5.19. The Morgan fingerprint density at radius 1 is 1.24 bits per heavy atom. The van der Waals surface area contributed by atoms with Crippen LogP contribution < -0.4 is 15.4 Å². The largest absolute Gasteiger partial charge is 0.494 e. The number of methoxy groups -OCH3 is 1. The molecule has 25 heavy (non-hydrogen) atoms. The van der Waals surface area contributed by atoms with Gasteiger partial charge in [0.25, 0.3) is 0 Å². The molecule has 9 heteroatoms. The Bertz CT molecular complexity index is 864. The van der Waals surface area contributed by atoms with Gasteiger partial charge in [-0.05, 0) is 53.2 Å². The van der Waals surface area contributed by atoms with Gasteiger partial charge in [-0.2, -0.15) is 4.68 Å². The first-order valence-corrected chi connectivity index (χ1v) is 7.54. The normalized spacial score (nSPS) is 10.3. The highest BCUT2D eigenvalue weighted by atomic mass is 16.5. The Hall–Kier alpha value is -3.49. The molecule has 0 atom stereocenters. The number of urea groups is 1. The van der Waals surface area contributed by atoms with E-state index in [0.29, 0.717) is 29.5 Å². The number of carbonyl (C=O) groups is 1. The first-order valence-electron chi connectivity index (χ1n) is 7.54. The van der Waals surface area contributed by atoms with E-state index in [2.05, 4.69) is 31.1 Å². The fraction of sp³-hybridized carbons (Fsp3) is 0.188. The Labute approximate surface area is 144 Å². The van der Waals surface area contributed by atoms with Crippen LogP contribution in [0.4, 0.5) is 10.5 Å². The summed E-state index contributed by atoms with van der Waals surface area (Å²) in [6, 6.07) is 8.59. The lowest BCUT2D eigenvalue weighted by molar-refractivity contribution is 0.251. The van der Waals surface area contributed by atoms with Gasteiger partial charge in [-0.3, -0.25) is 4.98 Å². The van der Waals surface area contributed by atoms with Gasteiger partial charge in [0, 0.05) is 24.6 Å². The average Bonchev–Trinajstić information content (AvgIpc) is 3.06. The lowest BCUT2D eigenvalue weighted by Gasteiger charge is -2.12. The zero-order chi connectivity index (χ0) is 17.6. The van der Waals surface area contributed by atoms with Crippen molar-refractivity contribution in [1.29, 1.82) is 0 Å². The van der Waals surface area contributed by atoms with Crippen molar-refractivity contribution in [2.45, 2.75) is 13.5 Å². The van der Waals surface area contributed by atoms with Gasteiger partial charge in [0.2, 0.25) is 0 Å². The molecule has 0 spiro atoms. The van der Waals surface area contributed by atoms with Crippen molar-refractivity contribution < 1.29 is 9.53 Å². The summed E-state index contributed by atoms with van der Waals surface area (Å²) in [4.78, 5) is 16.0. The predicted molar refractivity (Wildman–Crippen MR) is 90.5 cm³/mol. The van der Waals surface area contributed by atoms with E-state index in [9.17, 15) is 4.79 Å². The smallest absolute Gasteiger partial charge is 0.319 e. The van der Waals surface area contributed by atoms with Gasteiger partial charge in [0.15, 0.2) is 5.82 Å². The highest BCUT2D eigenvalue weighted by Crippen LogP contribution is 2.26. The van der Waals surface area contributed by atoms with Crippen LogP contribution in [0.3, 0.4) is 0 Å². The van der Waals surface area contributed by atoms with Gasteiger partial charge in [-0.1, -0.05) is 0 Å². The van der Waals surface area contributed by atoms with Gasteiger partial charge < -0.3 is 15.4 Å². The highest BCUT2D eigenvalue weighted by Gasteiger charge is 2.12. The molecule has 0 aliphatic rings. The number of aromatic nitrogens is 5. The molecule has 0 unspecified atom stereocenters. The fourth-order valence-electron chi connectivity index (χ4n) is 2.25. The molecule has 0 saturated carbocycles. The third-order valence-corrected chi connectivity index (χ3v) is 3.49. The Balaban J connectivity index is 1.72. The van der Waals surface area contributed by atoms with Crippen LogP contribution in [0.2, 0.25) is 0 Å². The molecule has 0 aliphatic heterocycles. The lowest BCUT2D eigenvalue weighted by atomic mass is 10.2. The molecule has 3 aromatic rings. The number of aryl methyl sites for hydroxylation is 1. The first kappa shape index (κ1) is 16.4. The molecule has 3 rings (SSSR count). The summed E-state index contributed by atoms with van der Waals surface area (Å²) in [5.74, 6) is 1.20. The van der Waals surface area contributed by atoms with Crippen LogP contribution in [0, 0.1) is 6.92 Å². The first-order chi connectivity index (χ1) is 12.2. The summed E-state index contributed by atoms with van der Waals surface area (Å²) < 4.78 is 6.88. The number of amides is 2. The van der Waals surface area contributed by atoms with Crippen LogP contribution in [-0.4, -0.2) is 38.3 Å². The number of hydrogen-bond acceptors (Lipinski definition) is 6. The van der Waals surface area contributed by atoms with Crippen LogP contribution >= 0.6 is 0 Å². The van der Waals surface area contributed by atoms with Crippen LogP contribution in [-0.2, 0) is 6.54 Å². The number of pyridine rings is 1. The number of benzene rings is 1. The van der Waals surface area contributed by atoms with Crippen LogP contribution in [0.15, 0.2) is 42.7 Å². The Kier molecular flexibility index (Phi) is 4.84. The monoisotopic (exact) mass is 339 g/mol. The standard InChI is InChI=1S/C16H17N7O2/c1-11-20-21-22-23(11)14-9-13(3-4-15(14)25-2)19-16(24)18-10-12-5-7-17-8-6-12/h3-9H,10H2,1-2H3,(H2,18,19,24). The van der Waals surface area contributed by atoms with Crippen molar-refractivity contribution in [2.24, 2.45) is 0 Å². The van der Waals surface area contributed by atoms with Crippen LogP contribution in [0.5, 0.6) is 5.75 Å². The van der Waals surface area contributed by atoms with Crippen molar-refractivity contribution in [3.8, 4) is 11.4 Å². The molecule has 2 amide bonds. The number of tetrazole rings is 1. The quantitative estimate of drug-likeness (QED) is 0.732. The van der Waals surface area contributed by atoms with E-state index < -0.39 is 0 Å². The molecule has 0 saturated heterocycles. The number of hydrogen-bond donors (Lipinski definition) is 2. The van der Waals surface area contributed by atoms with Gasteiger partial charge in [0.05, 0.1) is 7.11 Å². The average molecular weight is 339 g/mol. The minimum atomic E-state index is -0.318. The molecule has 9 nitrogen and oxygen atoms in total. The minimum absolute atomic E-state index is 0.318. The topological polar surface area (TPSA) is 107 Å². The summed E-state index contributed by atoms with van der Waals surface area (Å²) in [5, 5.41) is 17.0. The van der Waals surface area contributed by atoms with E-state index in [1.807, 2.05) is 12.1 Å². The second kappa shape index (κ2) is 7.39. The fourth-order valence-corrected chi connectivity index (χ4v) is 2.25. The third-order valence-electron chi connectivity index (χ3n) is 3.49. The highest BCUT2D eigenvalue weighted by molar-refractivity contribution is 5.89. The molecule has 0 aliphatic carbocycles. The van der Waals surface area contributed by atoms with E-state index in [1.54, 1.807) is 49.3 Å². The minimum Gasteiger partial charge on any atom is -0.494 e. The van der Waals surface area contributed by atoms with Gasteiger partial charge in [0.1, 0.15) is 11.4 Å². The maximum atomic E-state index is 12.1. The van der Waals surface area contributed by atoms with Crippen molar-refractivity contribution in [1.82, 2.24) is 30.5 Å². The number of carbonyl (C=O) groups excluding carboxylic acids is 1. The number of rotatable bonds is 5. The molecular formula is C16H17N7O2.